The Labute approximate surface area is 116 Å². The van der Waals surface area contributed by atoms with Crippen LogP contribution in [0, 0.1) is 5.82 Å². The third-order valence-corrected chi connectivity index (χ3v) is 3.05. The third kappa shape index (κ3) is 2.74. The van der Waals surface area contributed by atoms with Gasteiger partial charge in [-0.25, -0.2) is 14.4 Å². The second-order valence-electron chi connectivity index (χ2n) is 4.42. The minimum Gasteiger partial charge on any atom is -0.477 e. The fraction of sp³-hybridized carbons (Fsp3) is 0.125. The predicted octanol–water partition coefficient (Wildman–Crippen LogP) is 3.39. The molecule has 1 heterocycles. The Balaban J connectivity index is 1.69. The number of fused-ring (bicyclic) bond motifs is 1. The van der Waals surface area contributed by atoms with Crippen molar-refractivity contribution in [2.24, 2.45) is 0 Å². The quantitative estimate of drug-likeness (QED) is 0.727. The maximum Gasteiger partial charge on any atom is 0.224 e. The predicted molar refractivity (Wildman–Crippen MR) is 75.1 cm³/mol. The molecule has 0 saturated carbocycles. The van der Waals surface area contributed by atoms with E-state index in [-0.39, 0.29) is 5.82 Å². The Hall–Kier alpha value is -2.49. The van der Waals surface area contributed by atoms with E-state index in [4.69, 9.17) is 4.74 Å². The lowest BCUT2D eigenvalue weighted by Gasteiger charge is -2.07. The molecule has 100 valence electrons. The molecule has 20 heavy (non-hydrogen) atoms. The fourth-order valence-electron chi connectivity index (χ4n) is 2.01. The zero-order valence-corrected chi connectivity index (χ0v) is 10.8. The van der Waals surface area contributed by atoms with Gasteiger partial charge in [-0.2, -0.15) is 0 Å². The summed E-state index contributed by atoms with van der Waals surface area (Å²) in [5.74, 6) is 0.356. The lowest BCUT2D eigenvalue weighted by Crippen LogP contribution is -2.03. The molecule has 0 aliphatic carbocycles. The first-order valence-electron chi connectivity index (χ1n) is 6.40. The van der Waals surface area contributed by atoms with Crippen LogP contribution in [-0.4, -0.2) is 16.6 Å². The summed E-state index contributed by atoms with van der Waals surface area (Å²) in [6.45, 7) is 0.493. The van der Waals surface area contributed by atoms with Crippen LogP contribution in [0.1, 0.15) is 5.56 Å². The molecule has 0 aliphatic rings. The van der Waals surface area contributed by atoms with E-state index in [2.05, 4.69) is 9.97 Å². The number of hydrogen-bond donors (Lipinski definition) is 0. The molecule has 0 unspecified atom stereocenters. The van der Waals surface area contributed by atoms with E-state index in [1.807, 2.05) is 24.3 Å². The van der Waals surface area contributed by atoms with E-state index < -0.39 is 0 Å². The molecule has 3 aromatic rings. The standard InChI is InChI=1S/C16H13FN2O/c17-13-7-5-12(6-8-13)9-10-20-16-14-3-1-2-4-15(14)18-11-19-16/h1-8,11H,9-10H2. The smallest absolute Gasteiger partial charge is 0.224 e. The van der Waals surface area contributed by atoms with Crippen molar-refractivity contribution in [2.45, 2.75) is 6.42 Å². The van der Waals surface area contributed by atoms with Crippen molar-refractivity contribution in [3.63, 3.8) is 0 Å². The average molecular weight is 268 g/mol. The maximum atomic E-state index is 12.8. The number of rotatable bonds is 4. The summed E-state index contributed by atoms with van der Waals surface area (Å²) in [6, 6.07) is 14.1. The summed E-state index contributed by atoms with van der Waals surface area (Å²) < 4.78 is 18.5. The van der Waals surface area contributed by atoms with Gasteiger partial charge in [-0.1, -0.05) is 24.3 Å². The highest BCUT2D eigenvalue weighted by molar-refractivity contribution is 5.82. The number of nitrogens with zero attached hydrogens (tertiary/aromatic N) is 2. The molecular weight excluding hydrogens is 255 g/mol. The van der Waals surface area contributed by atoms with E-state index in [9.17, 15) is 4.39 Å². The molecule has 0 aliphatic heterocycles. The van der Waals surface area contributed by atoms with Gasteiger partial charge in [-0.3, -0.25) is 0 Å². The number of para-hydroxylation sites is 1. The second kappa shape index (κ2) is 5.65. The first-order chi connectivity index (χ1) is 9.83. The lowest BCUT2D eigenvalue weighted by molar-refractivity contribution is 0.313. The van der Waals surface area contributed by atoms with Crippen molar-refractivity contribution in [1.29, 1.82) is 0 Å². The average Bonchev–Trinajstić information content (AvgIpc) is 2.49. The van der Waals surface area contributed by atoms with Crippen molar-refractivity contribution in [2.75, 3.05) is 6.61 Å². The molecule has 0 spiro atoms. The van der Waals surface area contributed by atoms with Crippen LogP contribution in [0.4, 0.5) is 4.39 Å². The van der Waals surface area contributed by atoms with Gasteiger partial charge in [0.05, 0.1) is 17.5 Å². The van der Waals surface area contributed by atoms with Gasteiger partial charge in [0.15, 0.2) is 0 Å². The van der Waals surface area contributed by atoms with Crippen molar-refractivity contribution in [1.82, 2.24) is 9.97 Å². The van der Waals surface area contributed by atoms with E-state index in [0.717, 1.165) is 16.5 Å². The molecule has 0 saturated heterocycles. The molecule has 1 aromatic heterocycles. The Morgan fingerprint density at radius 2 is 1.75 bits per heavy atom. The van der Waals surface area contributed by atoms with Gasteiger partial charge in [0.2, 0.25) is 5.88 Å². The maximum absolute atomic E-state index is 12.8. The molecule has 0 radical (unpaired) electrons. The monoisotopic (exact) mass is 268 g/mol. The third-order valence-electron chi connectivity index (χ3n) is 3.05. The zero-order chi connectivity index (χ0) is 13.8. The van der Waals surface area contributed by atoms with Crippen molar-refractivity contribution in [3.8, 4) is 5.88 Å². The molecule has 3 nitrogen and oxygen atoms in total. The summed E-state index contributed by atoms with van der Waals surface area (Å²) in [6.07, 6.45) is 2.20. The van der Waals surface area contributed by atoms with Crippen molar-refractivity contribution < 1.29 is 9.13 Å². The largest absolute Gasteiger partial charge is 0.477 e. The Bertz CT molecular complexity index is 708. The Kier molecular flexibility index (Phi) is 3.54. The topological polar surface area (TPSA) is 35.0 Å². The Morgan fingerprint density at radius 3 is 2.60 bits per heavy atom. The molecule has 3 rings (SSSR count). The van der Waals surface area contributed by atoms with Gasteiger partial charge in [0.25, 0.3) is 0 Å². The molecule has 0 N–H and O–H groups in total. The molecule has 2 aromatic carbocycles. The van der Waals surface area contributed by atoms with Crippen LogP contribution in [-0.2, 0) is 6.42 Å². The van der Waals surface area contributed by atoms with Gasteiger partial charge < -0.3 is 4.74 Å². The minimum absolute atomic E-state index is 0.225. The number of halogens is 1. The van der Waals surface area contributed by atoms with E-state index >= 15 is 0 Å². The Morgan fingerprint density at radius 1 is 0.950 bits per heavy atom. The highest BCUT2D eigenvalue weighted by Crippen LogP contribution is 2.20. The number of benzene rings is 2. The highest BCUT2D eigenvalue weighted by Gasteiger charge is 2.04. The van der Waals surface area contributed by atoms with E-state index in [0.29, 0.717) is 18.9 Å². The molecule has 0 atom stereocenters. The van der Waals surface area contributed by atoms with Gasteiger partial charge in [-0.05, 0) is 29.8 Å². The summed E-state index contributed by atoms with van der Waals surface area (Å²) >= 11 is 0. The van der Waals surface area contributed by atoms with Gasteiger partial charge in [0.1, 0.15) is 12.1 Å². The van der Waals surface area contributed by atoms with Crippen LogP contribution in [0.25, 0.3) is 10.9 Å². The normalized spacial score (nSPS) is 10.7. The SMILES string of the molecule is Fc1ccc(CCOc2ncnc3ccccc23)cc1. The molecule has 0 fully saturated rings. The number of hydrogen-bond acceptors (Lipinski definition) is 3. The van der Waals surface area contributed by atoms with E-state index in [1.165, 1.54) is 18.5 Å². The van der Waals surface area contributed by atoms with Crippen LogP contribution in [0.5, 0.6) is 5.88 Å². The lowest BCUT2D eigenvalue weighted by atomic mass is 10.2. The van der Waals surface area contributed by atoms with Crippen LogP contribution < -0.4 is 4.74 Å². The van der Waals surface area contributed by atoms with Crippen LogP contribution in [0.15, 0.2) is 54.9 Å². The van der Waals surface area contributed by atoms with Crippen LogP contribution in [0.2, 0.25) is 0 Å². The molecular formula is C16H13FN2O. The first-order valence-corrected chi connectivity index (χ1v) is 6.40. The highest BCUT2D eigenvalue weighted by atomic mass is 19.1. The fourth-order valence-corrected chi connectivity index (χ4v) is 2.01. The molecule has 0 bridgehead atoms. The van der Waals surface area contributed by atoms with Gasteiger partial charge in [-0.15, -0.1) is 0 Å². The summed E-state index contributed by atoms with van der Waals surface area (Å²) in [7, 11) is 0. The van der Waals surface area contributed by atoms with Crippen molar-refractivity contribution >= 4 is 10.9 Å². The minimum atomic E-state index is -0.225. The summed E-state index contributed by atoms with van der Waals surface area (Å²) in [5.41, 5.74) is 1.89. The molecule has 4 heteroatoms. The number of aromatic nitrogens is 2. The van der Waals surface area contributed by atoms with E-state index in [1.54, 1.807) is 12.1 Å². The number of ether oxygens (including phenoxy) is 1. The van der Waals surface area contributed by atoms with Gasteiger partial charge in [0, 0.05) is 6.42 Å². The van der Waals surface area contributed by atoms with Gasteiger partial charge >= 0.3 is 0 Å². The van der Waals surface area contributed by atoms with Crippen molar-refractivity contribution in [3.05, 3.63) is 66.2 Å². The summed E-state index contributed by atoms with van der Waals surface area (Å²) in [5, 5.41) is 0.897. The van der Waals surface area contributed by atoms with Crippen LogP contribution in [0.3, 0.4) is 0 Å². The molecule has 0 amide bonds. The second-order valence-corrected chi connectivity index (χ2v) is 4.42. The first kappa shape index (κ1) is 12.5. The summed E-state index contributed by atoms with van der Waals surface area (Å²) in [4.78, 5) is 8.34. The van der Waals surface area contributed by atoms with Crippen LogP contribution >= 0.6 is 0 Å². The zero-order valence-electron chi connectivity index (χ0n) is 10.8.